The lowest BCUT2D eigenvalue weighted by atomic mass is 10.3. The lowest BCUT2D eigenvalue weighted by Crippen LogP contribution is -2.07. The molecule has 0 radical (unpaired) electrons. The largest absolute Gasteiger partial charge is 0.478 e. The second-order valence-electron chi connectivity index (χ2n) is 3.02. The van der Waals surface area contributed by atoms with E-state index in [-0.39, 0.29) is 10.1 Å². The van der Waals surface area contributed by atoms with Crippen molar-refractivity contribution < 1.29 is 19.4 Å². The van der Waals surface area contributed by atoms with E-state index < -0.39 is 11.9 Å². The first kappa shape index (κ1) is 19.1. The van der Waals surface area contributed by atoms with Crippen LogP contribution in [-0.4, -0.2) is 23.7 Å². The van der Waals surface area contributed by atoms with E-state index in [9.17, 15) is 9.59 Å². The Balaban J connectivity index is 0. The smallest absolute Gasteiger partial charge is 0.337 e. The van der Waals surface area contributed by atoms with Crippen molar-refractivity contribution in [3.63, 3.8) is 0 Å². The maximum Gasteiger partial charge on any atom is 0.337 e. The first-order valence-electron chi connectivity index (χ1n) is 5.08. The van der Waals surface area contributed by atoms with Gasteiger partial charge in [0.05, 0.1) is 16.7 Å². The topological polar surface area (TPSA) is 63.6 Å². The van der Waals surface area contributed by atoms with Crippen molar-refractivity contribution in [3.8, 4) is 0 Å². The van der Waals surface area contributed by atoms with Crippen LogP contribution in [0.2, 0.25) is 0 Å². The number of hydrogen-bond acceptors (Lipinski definition) is 3. The normalized spacial score (nSPS) is 9.28. The highest BCUT2D eigenvalue weighted by Crippen LogP contribution is 1.99. The molecular weight excluding hydrogens is 279 g/mol. The zero-order valence-electron chi connectivity index (χ0n) is 10.1. The molecule has 0 aliphatic rings. The molecule has 0 amide bonds. The Bertz CT molecular complexity index is 331. The Morgan fingerprint density at radius 3 is 2.17 bits per heavy atom. The maximum atomic E-state index is 11.1. The summed E-state index contributed by atoms with van der Waals surface area (Å²) < 4.78 is 4.90. The van der Waals surface area contributed by atoms with E-state index in [4.69, 9.17) is 33.0 Å². The zero-order chi connectivity index (χ0) is 14.6. The molecule has 0 saturated carbocycles. The van der Waals surface area contributed by atoms with E-state index in [1.807, 2.05) is 6.92 Å². The van der Waals surface area contributed by atoms with Crippen LogP contribution in [0, 0.1) is 0 Å². The Morgan fingerprint density at radius 2 is 1.78 bits per heavy atom. The van der Waals surface area contributed by atoms with Crippen molar-refractivity contribution in [2.45, 2.75) is 19.8 Å². The van der Waals surface area contributed by atoms with Gasteiger partial charge in [-0.2, -0.15) is 0 Å². The minimum absolute atomic E-state index is 0.0449. The molecule has 0 spiro atoms. The van der Waals surface area contributed by atoms with Crippen molar-refractivity contribution in [2.75, 3.05) is 6.61 Å². The monoisotopic (exact) mass is 294 g/mol. The van der Waals surface area contributed by atoms with Gasteiger partial charge in [-0.15, -0.1) is 0 Å². The lowest BCUT2D eigenvalue weighted by molar-refractivity contribution is -0.138. The first-order chi connectivity index (χ1) is 8.31. The highest BCUT2D eigenvalue weighted by atomic mass is 35.5. The molecule has 0 aliphatic carbocycles. The molecule has 0 aromatic heterocycles. The van der Waals surface area contributed by atoms with Gasteiger partial charge in [0, 0.05) is 6.08 Å². The molecule has 102 valence electrons. The van der Waals surface area contributed by atoms with E-state index in [1.165, 1.54) is 0 Å². The highest BCUT2D eigenvalue weighted by Gasteiger charge is 2.04. The third-order valence-electron chi connectivity index (χ3n) is 1.42. The van der Waals surface area contributed by atoms with Gasteiger partial charge in [-0.1, -0.05) is 49.7 Å². The molecule has 4 nitrogen and oxygen atoms in total. The van der Waals surface area contributed by atoms with E-state index in [2.05, 4.69) is 13.2 Å². The minimum atomic E-state index is -1.12. The molecule has 0 aromatic carbocycles. The predicted molar refractivity (Wildman–Crippen MR) is 72.6 cm³/mol. The summed E-state index contributed by atoms with van der Waals surface area (Å²) in [6.45, 7) is 8.79. The van der Waals surface area contributed by atoms with Crippen LogP contribution in [0.15, 0.2) is 35.4 Å². The molecule has 0 atom stereocenters. The summed E-state index contributed by atoms with van der Waals surface area (Å²) in [6, 6.07) is 0. The fourth-order valence-corrected chi connectivity index (χ4v) is 0.642. The Morgan fingerprint density at radius 1 is 1.28 bits per heavy atom. The molecule has 0 bridgehead atoms. The van der Waals surface area contributed by atoms with Crippen LogP contribution in [0.4, 0.5) is 0 Å². The number of carboxylic acids is 1. The van der Waals surface area contributed by atoms with Crippen molar-refractivity contribution in [3.05, 3.63) is 35.4 Å². The minimum Gasteiger partial charge on any atom is -0.478 e. The second kappa shape index (κ2) is 12.2. The Labute approximate surface area is 117 Å². The Hall–Kier alpha value is -1.26. The van der Waals surface area contributed by atoms with Gasteiger partial charge in [0.15, 0.2) is 0 Å². The molecule has 0 rings (SSSR count). The van der Waals surface area contributed by atoms with Crippen LogP contribution in [-0.2, 0) is 14.3 Å². The van der Waals surface area contributed by atoms with Gasteiger partial charge in [-0.3, -0.25) is 0 Å². The van der Waals surface area contributed by atoms with E-state index in [0.29, 0.717) is 6.61 Å². The summed E-state index contributed by atoms with van der Waals surface area (Å²) in [5.41, 5.74) is 0.0449. The standard InChI is InChI=1S/C10H14O4.C2H2Cl2/c1-3-4-7-14-10(13)8(2)5-6-9(11)12;1-2(3)4/h5-6H,2-4,7H2,1H3,(H,11,12);1H2. The van der Waals surface area contributed by atoms with Crippen molar-refractivity contribution in [1.82, 2.24) is 0 Å². The molecule has 0 aromatic rings. The van der Waals surface area contributed by atoms with Crippen LogP contribution in [0.1, 0.15) is 19.8 Å². The maximum absolute atomic E-state index is 11.1. The Kier molecular flexibility index (Phi) is 12.9. The number of unbranched alkanes of at least 4 members (excludes halogenated alkanes) is 1. The third-order valence-corrected chi connectivity index (χ3v) is 1.42. The summed E-state index contributed by atoms with van der Waals surface area (Å²) >= 11 is 9.69. The van der Waals surface area contributed by atoms with Crippen molar-refractivity contribution >= 4 is 35.1 Å². The zero-order valence-corrected chi connectivity index (χ0v) is 11.6. The first-order valence-corrected chi connectivity index (χ1v) is 5.83. The van der Waals surface area contributed by atoms with Gasteiger partial charge in [0.1, 0.15) is 0 Å². The van der Waals surface area contributed by atoms with Crippen LogP contribution < -0.4 is 0 Å². The predicted octanol–water partition coefficient (Wildman–Crippen LogP) is 3.46. The lowest BCUT2D eigenvalue weighted by Gasteiger charge is -2.02. The molecule has 1 N–H and O–H groups in total. The molecule has 0 unspecified atom stereocenters. The summed E-state index contributed by atoms with van der Waals surface area (Å²) in [4.78, 5) is 21.2. The summed E-state index contributed by atoms with van der Waals surface area (Å²) in [6.07, 6.45) is 3.70. The van der Waals surface area contributed by atoms with Crippen LogP contribution in [0.5, 0.6) is 0 Å². The number of aliphatic carboxylic acids is 1. The fourth-order valence-electron chi connectivity index (χ4n) is 0.642. The van der Waals surface area contributed by atoms with Gasteiger partial charge in [-0.05, 0) is 12.5 Å². The number of rotatable bonds is 6. The highest BCUT2D eigenvalue weighted by molar-refractivity contribution is 6.55. The number of hydrogen-bond donors (Lipinski definition) is 1. The van der Waals surface area contributed by atoms with E-state index >= 15 is 0 Å². The van der Waals surface area contributed by atoms with E-state index in [1.54, 1.807) is 0 Å². The number of halogens is 2. The van der Waals surface area contributed by atoms with Gasteiger partial charge >= 0.3 is 11.9 Å². The fraction of sp³-hybridized carbons (Fsp3) is 0.333. The second-order valence-corrected chi connectivity index (χ2v) is 4.13. The average molecular weight is 295 g/mol. The number of esters is 1. The van der Waals surface area contributed by atoms with Crippen molar-refractivity contribution in [1.29, 1.82) is 0 Å². The number of ether oxygens (including phenoxy) is 1. The molecule has 0 fully saturated rings. The van der Waals surface area contributed by atoms with Gasteiger partial charge in [0.2, 0.25) is 0 Å². The van der Waals surface area contributed by atoms with Crippen LogP contribution in [0.3, 0.4) is 0 Å². The number of carboxylic acid groups (broad SMARTS) is 1. The molecule has 0 aliphatic heterocycles. The van der Waals surface area contributed by atoms with E-state index in [0.717, 1.165) is 25.0 Å². The summed E-state index contributed by atoms with van der Waals surface area (Å²) in [7, 11) is 0. The number of carbonyl (C=O) groups is 2. The van der Waals surface area contributed by atoms with Crippen LogP contribution in [0.25, 0.3) is 0 Å². The molecule has 0 heterocycles. The molecular formula is C12H16Cl2O4. The summed E-state index contributed by atoms with van der Waals surface area (Å²) in [5, 5.41) is 8.28. The quantitative estimate of drug-likeness (QED) is 0.353. The average Bonchev–Trinajstić information content (AvgIpc) is 2.25. The molecule has 0 saturated heterocycles. The van der Waals surface area contributed by atoms with Gasteiger partial charge < -0.3 is 9.84 Å². The van der Waals surface area contributed by atoms with Gasteiger partial charge in [0.25, 0.3) is 0 Å². The SMILES string of the molecule is C=C(C=CC(=O)O)C(=O)OCCCC.C=C(Cl)Cl. The third kappa shape index (κ3) is 17.1. The van der Waals surface area contributed by atoms with Gasteiger partial charge in [-0.25, -0.2) is 9.59 Å². The van der Waals surface area contributed by atoms with Crippen LogP contribution >= 0.6 is 23.2 Å². The van der Waals surface area contributed by atoms with Crippen molar-refractivity contribution in [2.24, 2.45) is 0 Å². The molecule has 18 heavy (non-hydrogen) atoms. The molecule has 6 heteroatoms. The summed E-state index contributed by atoms with van der Waals surface area (Å²) in [5.74, 6) is -1.69. The number of carbonyl (C=O) groups excluding carboxylic acids is 1.